The van der Waals surface area contributed by atoms with Crippen LogP contribution in [0, 0.1) is 11.3 Å². The summed E-state index contributed by atoms with van der Waals surface area (Å²) in [5.74, 6) is 0. The molecule has 0 aliphatic carbocycles. The fraction of sp³-hybridized carbons (Fsp3) is 0.188. The van der Waals surface area contributed by atoms with Crippen molar-refractivity contribution in [3.63, 3.8) is 0 Å². The number of rotatable bonds is 1. The van der Waals surface area contributed by atoms with Crippen molar-refractivity contribution >= 4 is 11.8 Å². The Kier molecular flexibility index (Phi) is 3.29. The highest BCUT2D eigenvalue weighted by Gasteiger charge is 2.14. The first-order valence-corrected chi connectivity index (χ1v) is 7.05. The third-order valence-corrected chi connectivity index (χ3v) is 4.61. The van der Waals surface area contributed by atoms with Gasteiger partial charge in [0.25, 0.3) is 0 Å². The molecular formula is C16H13NOS. The first-order valence-electron chi connectivity index (χ1n) is 6.23. The molecule has 2 aromatic rings. The molecule has 0 fully saturated rings. The maximum Gasteiger partial charge on any atom is 0.0992 e. The van der Waals surface area contributed by atoms with Gasteiger partial charge in [0.1, 0.15) is 0 Å². The summed E-state index contributed by atoms with van der Waals surface area (Å²) in [6.07, 6.45) is 1.96. The van der Waals surface area contributed by atoms with E-state index in [1.54, 1.807) is 11.8 Å². The van der Waals surface area contributed by atoms with Crippen molar-refractivity contribution in [3.8, 4) is 6.07 Å². The molecule has 0 radical (unpaired) electrons. The number of hydrogen-bond acceptors (Lipinski definition) is 3. The van der Waals surface area contributed by atoms with Gasteiger partial charge in [-0.2, -0.15) is 5.26 Å². The Morgan fingerprint density at radius 3 is 2.68 bits per heavy atom. The Balaban J connectivity index is 2.04. The number of benzene rings is 2. The van der Waals surface area contributed by atoms with Gasteiger partial charge in [-0.3, -0.25) is 0 Å². The van der Waals surface area contributed by atoms with Crippen LogP contribution in [0.15, 0.2) is 46.2 Å². The Morgan fingerprint density at radius 1 is 1.05 bits per heavy atom. The number of hydrogen-bond donors (Lipinski definition) is 1. The summed E-state index contributed by atoms with van der Waals surface area (Å²) in [6, 6.07) is 14.2. The quantitative estimate of drug-likeness (QED) is 0.862. The van der Waals surface area contributed by atoms with Crippen molar-refractivity contribution in [2.45, 2.75) is 29.2 Å². The minimum atomic E-state index is 0.0868. The van der Waals surface area contributed by atoms with Crippen LogP contribution in [0.5, 0.6) is 0 Å². The molecule has 1 heterocycles. The molecule has 94 valence electrons. The average Bonchev–Trinajstić information content (AvgIpc) is 2.64. The topological polar surface area (TPSA) is 44.0 Å². The van der Waals surface area contributed by atoms with Crippen LogP contribution in [0.2, 0.25) is 0 Å². The highest BCUT2D eigenvalue weighted by Crippen LogP contribution is 2.37. The number of nitrogens with zero attached hydrogens (tertiary/aromatic N) is 1. The molecule has 3 rings (SSSR count). The molecular weight excluding hydrogens is 254 g/mol. The second-order valence-corrected chi connectivity index (χ2v) is 5.72. The second-order valence-electron chi connectivity index (χ2n) is 4.64. The predicted octanol–water partition coefficient (Wildman–Crippen LogP) is 3.30. The first kappa shape index (κ1) is 12.3. The largest absolute Gasteiger partial charge is 0.392 e. The van der Waals surface area contributed by atoms with Gasteiger partial charge >= 0.3 is 0 Å². The van der Waals surface area contributed by atoms with Gasteiger partial charge in [-0.1, -0.05) is 30.0 Å². The van der Waals surface area contributed by atoms with E-state index in [0.717, 1.165) is 18.4 Å². The molecule has 3 heteroatoms. The first-order chi connectivity index (χ1) is 9.30. The lowest BCUT2D eigenvalue weighted by Gasteiger charge is -2.07. The molecule has 0 aromatic heterocycles. The normalized spacial score (nSPS) is 13.1. The number of aryl methyl sites for hydroxylation is 2. The molecule has 0 amide bonds. The molecule has 0 atom stereocenters. The van der Waals surface area contributed by atoms with Crippen LogP contribution >= 0.6 is 11.8 Å². The third-order valence-electron chi connectivity index (χ3n) is 3.39. The van der Waals surface area contributed by atoms with E-state index in [1.165, 1.54) is 20.9 Å². The summed E-state index contributed by atoms with van der Waals surface area (Å²) in [6.45, 7) is 0.0868. The third kappa shape index (κ3) is 2.37. The summed E-state index contributed by atoms with van der Waals surface area (Å²) in [7, 11) is 0. The van der Waals surface area contributed by atoms with E-state index in [9.17, 15) is 5.11 Å². The van der Waals surface area contributed by atoms with Gasteiger partial charge in [-0.15, -0.1) is 0 Å². The van der Waals surface area contributed by atoms with Gasteiger partial charge in [-0.05, 0) is 47.7 Å². The maximum atomic E-state index is 9.21. The molecule has 0 unspecified atom stereocenters. The molecule has 0 spiro atoms. The molecule has 1 aliphatic heterocycles. The zero-order valence-electron chi connectivity index (χ0n) is 10.4. The zero-order valence-corrected chi connectivity index (χ0v) is 11.2. The van der Waals surface area contributed by atoms with Gasteiger partial charge in [-0.25, -0.2) is 0 Å². The van der Waals surface area contributed by atoms with Crippen LogP contribution in [0.3, 0.4) is 0 Å². The Labute approximate surface area is 116 Å². The zero-order chi connectivity index (χ0) is 13.2. The van der Waals surface area contributed by atoms with E-state index in [1.807, 2.05) is 18.2 Å². The van der Waals surface area contributed by atoms with Crippen LogP contribution < -0.4 is 0 Å². The fourth-order valence-corrected chi connectivity index (χ4v) is 3.49. The van der Waals surface area contributed by atoms with Crippen molar-refractivity contribution in [2.75, 3.05) is 0 Å². The minimum Gasteiger partial charge on any atom is -0.392 e. The Hall–Kier alpha value is -1.76. The minimum absolute atomic E-state index is 0.0868. The molecule has 19 heavy (non-hydrogen) atoms. The summed E-state index contributed by atoms with van der Waals surface area (Å²) in [4.78, 5) is 2.40. The Bertz CT molecular complexity index is 673. The second kappa shape index (κ2) is 5.08. The molecule has 0 bridgehead atoms. The van der Waals surface area contributed by atoms with E-state index >= 15 is 0 Å². The van der Waals surface area contributed by atoms with Gasteiger partial charge < -0.3 is 5.11 Å². The van der Waals surface area contributed by atoms with Crippen LogP contribution in [0.4, 0.5) is 0 Å². The molecule has 0 saturated carbocycles. The summed E-state index contributed by atoms with van der Waals surface area (Å²) in [5, 5.41) is 18.2. The number of aliphatic hydroxyl groups excluding tert-OH is 1. The predicted molar refractivity (Wildman–Crippen MR) is 75.1 cm³/mol. The van der Waals surface area contributed by atoms with E-state index in [0.29, 0.717) is 5.56 Å². The number of aliphatic hydroxyl groups is 1. The lowest BCUT2D eigenvalue weighted by atomic mass is 10.0. The molecule has 1 N–H and O–H groups in total. The summed E-state index contributed by atoms with van der Waals surface area (Å²) in [5.41, 5.74) is 4.25. The van der Waals surface area contributed by atoms with Gasteiger partial charge in [0.05, 0.1) is 18.2 Å². The summed E-state index contributed by atoms with van der Waals surface area (Å²) >= 11 is 1.72. The van der Waals surface area contributed by atoms with Crippen LogP contribution in [0.1, 0.15) is 22.3 Å². The van der Waals surface area contributed by atoms with Crippen molar-refractivity contribution in [1.82, 2.24) is 0 Å². The maximum absolute atomic E-state index is 9.21. The summed E-state index contributed by atoms with van der Waals surface area (Å²) < 4.78 is 0. The highest BCUT2D eigenvalue weighted by atomic mass is 32.2. The van der Waals surface area contributed by atoms with Gasteiger partial charge in [0.2, 0.25) is 0 Å². The van der Waals surface area contributed by atoms with Crippen LogP contribution in [-0.4, -0.2) is 5.11 Å². The van der Waals surface area contributed by atoms with Gasteiger partial charge in [0.15, 0.2) is 0 Å². The average molecular weight is 267 g/mol. The lowest BCUT2D eigenvalue weighted by molar-refractivity contribution is 0.281. The molecule has 2 nitrogen and oxygen atoms in total. The fourth-order valence-electron chi connectivity index (χ4n) is 2.34. The Morgan fingerprint density at radius 2 is 1.89 bits per heavy atom. The molecule has 2 aromatic carbocycles. The number of nitriles is 1. The molecule has 1 aliphatic rings. The highest BCUT2D eigenvalue weighted by molar-refractivity contribution is 7.99. The van der Waals surface area contributed by atoms with Crippen LogP contribution in [0.25, 0.3) is 0 Å². The molecule has 0 saturated heterocycles. The van der Waals surface area contributed by atoms with E-state index < -0.39 is 0 Å². The van der Waals surface area contributed by atoms with Crippen molar-refractivity contribution in [1.29, 1.82) is 5.26 Å². The lowest BCUT2D eigenvalue weighted by Crippen LogP contribution is -1.93. The smallest absolute Gasteiger partial charge is 0.0992 e. The monoisotopic (exact) mass is 267 g/mol. The van der Waals surface area contributed by atoms with E-state index in [2.05, 4.69) is 24.3 Å². The van der Waals surface area contributed by atoms with Crippen molar-refractivity contribution < 1.29 is 5.11 Å². The SMILES string of the molecule is N#Cc1ccc2c(c1)Sc1ccc(CO)cc1CC2. The standard InChI is InChI=1S/C16H13NOS/c17-9-11-1-3-13-4-5-14-7-12(10-18)2-6-15(14)19-16(13)8-11/h1-3,6-8,18H,4-5,10H2. The van der Waals surface area contributed by atoms with E-state index in [-0.39, 0.29) is 6.61 Å². The number of fused-ring (bicyclic) bond motifs is 2. The van der Waals surface area contributed by atoms with Crippen molar-refractivity contribution in [3.05, 3.63) is 58.7 Å². The van der Waals surface area contributed by atoms with Crippen LogP contribution in [-0.2, 0) is 19.4 Å². The van der Waals surface area contributed by atoms with Crippen molar-refractivity contribution in [2.24, 2.45) is 0 Å². The van der Waals surface area contributed by atoms with E-state index in [4.69, 9.17) is 5.26 Å². The van der Waals surface area contributed by atoms with Gasteiger partial charge in [0, 0.05) is 9.79 Å².